The van der Waals surface area contributed by atoms with Crippen molar-refractivity contribution in [1.29, 1.82) is 0 Å². The Balaban J connectivity index is 4.86. The molecule has 0 aliphatic heterocycles. The summed E-state index contributed by atoms with van der Waals surface area (Å²) in [7, 11) is 0. The maximum Gasteiger partial charge on any atom is 0.456 e. The van der Waals surface area contributed by atoms with E-state index in [4.69, 9.17) is 0 Å². The van der Waals surface area contributed by atoms with Crippen molar-refractivity contribution in [2.75, 3.05) is 0 Å². The van der Waals surface area contributed by atoms with Crippen LogP contribution in [0.1, 0.15) is 0 Å². The van der Waals surface area contributed by atoms with E-state index < -0.39 is 24.4 Å². The van der Waals surface area contributed by atoms with Crippen molar-refractivity contribution >= 4 is 0 Å². The highest BCUT2D eigenvalue weighted by Gasteiger charge is 2.70. The molecule has 0 nitrogen and oxygen atoms in total. The lowest BCUT2D eigenvalue weighted by Gasteiger charge is -2.24. The van der Waals surface area contributed by atoms with Gasteiger partial charge < -0.3 is 0 Å². The van der Waals surface area contributed by atoms with Crippen molar-refractivity contribution in [2.24, 2.45) is 0 Å². The van der Waals surface area contributed by atoms with Gasteiger partial charge in [-0.2, -0.15) is 35.1 Å². The normalized spacial score (nSPS) is 17.3. The summed E-state index contributed by atoms with van der Waals surface area (Å²) in [6.45, 7) is 0. The molecule has 0 unspecified atom stereocenters. The Kier molecular flexibility index (Phi) is 2.80. The maximum atomic E-state index is 11.6. The van der Waals surface area contributed by atoms with Gasteiger partial charge in [-0.3, -0.25) is 0 Å². The van der Waals surface area contributed by atoms with E-state index in [1.165, 1.54) is 0 Å². The van der Waals surface area contributed by atoms with Crippen molar-refractivity contribution in [3.8, 4) is 0 Å². The predicted octanol–water partition coefficient (Wildman–Crippen LogP) is 3.08. The predicted molar refractivity (Wildman–Crippen MR) is 22.0 cm³/mol. The summed E-state index contributed by atoms with van der Waals surface area (Å²) in [6, 6.07) is 0. The van der Waals surface area contributed by atoms with E-state index in [-0.39, 0.29) is 0 Å². The molecule has 0 rings (SSSR count). The van der Waals surface area contributed by atoms with Crippen LogP contribution in [0.3, 0.4) is 0 Å². The summed E-state index contributed by atoms with van der Waals surface area (Å²) in [5, 5.41) is 0. The van der Waals surface area contributed by atoms with Crippen LogP contribution < -0.4 is 0 Å². The smallest absolute Gasteiger partial charge is 0.230 e. The Morgan fingerprint density at radius 3 is 1.08 bits per heavy atom. The third-order valence-electron chi connectivity index (χ3n) is 0.984. The van der Waals surface area contributed by atoms with Gasteiger partial charge in [0.1, 0.15) is 0 Å². The molecule has 0 aliphatic carbocycles. The van der Waals surface area contributed by atoms with Gasteiger partial charge in [0.2, 0.25) is 0 Å². The van der Waals surface area contributed by atoms with Crippen molar-refractivity contribution in [3.05, 3.63) is 0 Å². The molecule has 0 fully saturated rings. The zero-order chi connectivity index (χ0) is 11.1. The van der Waals surface area contributed by atoms with Gasteiger partial charge in [-0.25, -0.2) is 4.39 Å². The molecule has 0 radical (unpaired) electrons. The van der Waals surface area contributed by atoms with E-state index in [0.29, 0.717) is 0 Å². The van der Waals surface area contributed by atoms with Crippen LogP contribution in [0.4, 0.5) is 39.5 Å². The Morgan fingerprint density at radius 1 is 0.692 bits per heavy atom. The molecule has 0 bridgehead atoms. The van der Waals surface area contributed by atoms with Gasteiger partial charge >= 0.3 is 18.3 Å². The fourth-order valence-corrected chi connectivity index (χ4v) is 0.349. The van der Waals surface area contributed by atoms with Gasteiger partial charge in [-0.15, -0.1) is 0 Å². The molecule has 0 heterocycles. The highest BCUT2D eigenvalue weighted by atomic mass is 19.4. The fraction of sp³-hybridized carbons (Fsp3) is 1.00. The molecule has 0 spiro atoms. The molecule has 9 heteroatoms. The first-order chi connectivity index (χ1) is 5.40. The number of hydrogen-bond donors (Lipinski definition) is 0. The van der Waals surface area contributed by atoms with Gasteiger partial charge in [-0.05, 0) is 0 Å². The first-order valence-electron chi connectivity index (χ1n) is 2.56. The summed E-state index contributed by atoms with van der Waals surface area (Å²) in [5.74, 6) is -6.41. The minimum absolute atomic E-state index is 5.24. The first kappa shape index (κ1) is 12.4. The lowest BCUT2D eigenvalue weighted by Crippen LogP contribution is -2.51. The van der Waals surface area contributed by atoms with Crippen LogP contribution in [0.5, 0.6) is 0 Å². The maximum absolute atomic E-state index is 11.6. The molecule has 80 valence electrons. The van der Waals surface area contributed by atoms with Gasteiger partial charge in [0, 0.05) is 0 Å². The Hall–Kier alpha value is -0.630. The first-order valence-corrected chi connectivity index (χ1v) is 2.56. The number of halogens is 9. The summed E-state index contributed by atoms with van der Waals surface area (Å²) >= 11 is 0. The molecule has 0 aliphatic rings. The molecular formula is C4HF9. The SMILES string of the molecule is F[C@H](C(F)(F)F)C(F)(F)C(F)(F)F. The van der Waals surface area contributed by atoms with E-state index in [0.717, 1.165) is 0 Å². The van der Waals surface area contributed by atoms with Crippen molar-refractivity contribution in [1.82, 2.24) is 0 Å². The molecule has 0 N–H and O–H groups in total. The highest BCUT2D eigenvalue weighted by Crippen LogP contribution is 2.44. The van der Waals surface area contributed by atoms with Crippen LogP contribution in [-0.2, 0) is 0 Å². The highest BCUT2D eigenvalue weighted by molar-refractivity contribution is 4.88. The van der Waals surface area contributed by atoms with Crippen molar-refractivity contribution < 1.29 is 39.5 Å². The van der Waals surface area contributed by atoms with Gasteiger partial charge in [0.25, 0.3) is 6.17 Å². The van der Waals surface area contributed by atoms with Crippen LogP contribution in [0, 0.1) is 0 Å². The average molecular weight is 220 g/mol. The van der Waals surface area contributed by atoms with Crippen molar-refractivity contribution in [3.63, 3.8) is 0 Å². The third-order valence-corrected chi connectivity index (χ3v) is 0.984. The average Bonchev–Trinajstić information content (AvgIpc) is 1.81. The standard InChI is InChI=1S/C4HF9/c5-1(3(8,9)10)2(6,7)4(11,12)13/h1H/t1-/m0/s1. The van der Waals surface area contributed by atoms with Gasteiger partial charge in [-0.1, -0.05) is 0 Å². The summed E-state index contributed by atoms with van der Waals surface area (Å²) in [6.07, 6.45) is -18.0. The van der Waals surface area contributed by atoms with Gasteiger partial charge in [0.15, 0.2) is 0 Å². The van der Waals surface area contributed by atoms with E-state index in [1.54, 1.807) is 0 Å². The van der Waals surface area contributed by atoms with Crippen LogP contribution >= 0.6 is 0 Å². The third kappa shape index (κ3) is 2.41. The Bertz CT molecular complexity index is 173. The lowest BCUT2D eigenvalue weighted by molar-refractivity contribution is -0.344. The number of hydrogen-bond acceptors (Lipinski definition) is 0. The zero-order valence-electron chi connectivity index (χ0n) is 5.48. The molecular weight excluding hydrogens is 219 g/mol. The Labute approximate surface area is 65.3 Å². The molecule has 0 amide bonds. The summed E-state index contributed by atoms with van der Waals surface area (Å²) in [4.78, 5) is 0. The van der Waals surface area contributed by atoms with Gasteiger partial charge in [0.05, 0.1) is 0 Å². The molecule has 0 aromatic rings. The topological polar surface area (TPSA) is 0 Å². The second kappa shape index (κ2) is 2.95. The number of rotatable bonds is 1. The van der Waals surface area contributed by atoms with Crippen LogP contribution in [0.2, 0.25) is 0 Å². The monoisotopic (exact) mass is 220 g/mol. The van der Waals surface area contributed by atoms with Crippen LogP contribution in [-0.4, -0.2) is 24.4 Å². The second-order valence-corrected chi connectivity index (χ2v) is 2.02. The zero-order valence-corrected chi connectivity index (χ0v) is 5.48. The Morgan fingerprint density at radius 2 is 1.00 bits per heavy atom. The minimum atomic E-state index is -6.55. The van der Waals surface area contributed by atoms with E-state index in [1.807, 2.05) is 0 Å². The molecule has 0 saturated heterocycles. The number of alkyl halides is 9. The lowest BCUT2D eigenvalue weighted by atomic mass is 10.2. The van der Waals surface area contributed by atoms with E-state index in [2.05, 4.69) is 0 Å². The largest absolute Gasteiger partial charge is 0.456 e. The van der Waals surface area contributed by atoms with E-state index >= 15 is 0 Å². The quantitative estimate of drug-likeness (QED) is 0.595. The van der Waals surface area contributed by atoms with Crippen LogP contribution in [0.25, 0.3) is 0 Å². The van der Waals surface area contributed by atoms with Crippen molar-refractivity contribution in [2.45, 2.75) is 24.4 Å². The fourth-order valence-electron chi connectivity index (χ4n) is 0.349. The molecule has 0 aromatic carbocycles. The molecule has 13 heavy (non-hydrogen) atoms. The molecule has 0 aromatic heterocycles. The molecule has 1 atom stereocenters. The van der Waals surface area contributed by atoms with E-state index in [9.17, 15) is 39.5 Å². The summed E-state index contributed by atoms with van der Waals surface area (Å²) < 4.78 is 102. The molecule has 0 saturated carbocycles. The minimum Gasteiger partial charge on any atom is -0.230 e. The van der Waals surface area contributed by atoms with Crippen LogP contribution in [0.15, 0.2) is 0 Å². The second-order valence-electron chi connectivity index (χ2n) is 2.02. The summed E-state index contributed by atoms with van der Waals surface area (Å²) in [5.41, 5.74) is 0.